The predicted octanol–water partition coefficient (Wildman–Crippen LogP) is 1.93. The van der Waals surface area contributed by atoms with E-state index in [0.29, 0.717) is 0 Å². The third-order valence-electron chi connectivity index (χ3n) is 3.62. The van der Waals surface area contributed by atoms with Crippen molar-refractivity contribution in [3.8, 4) is 0 Å². The Labute approximate surface area is 146 Å². The second-order valence-electron chi connectivity index (χ2n) is 6.11. The molecule has 0 fully saturated rings. The highest BCUT2D eigenvalue weighted by molar-refractivity contribution is 7.18. The Hall–Kier alpha value is -1.99. The fourth-order valence-corrected chi connectivity index (χ4v) is 3.31. The molecule has 0 aliphatic carbocycles. The molecule has 2 rings (SSSR count). The first-order valence-electron chi connectivity index (χ1n) is 7.98. The molecule has 130 valence electrons. The zero-order chi connectivity index (χ0) is 17.7. The molecular weight excluding hydrogens is 324 g/mol. The molecule has 0 saturated carbocycles. The minimum atomic E-state index is -0.180. The maximum absolute atomic E-state index is 12.0. The average Bonchev–Trinajstić information content (AvgIpc) is 2.95. The van der Waals surface area contributed by atoms with Crippen molar-refractivity contribution in [2.24, 2.45) is 0 Å². The summed E-state index contributed by atoms with van der Waals surface area (Å²) in [6.45, 7) is 6.00. The SMILES string of the molecule is CC(C)NC(=O)CNC(=O)CN(C)[C@@H](C)c1nc2ccccc2s1. The number of hydrogen-bond donors (Lipinski definition) is 2. The van der Waals surface area contributed by atoms with Gasteiger partial charge in [-0.15, -0.1) is 11.3 Å². The van der Waals surface area contributed by atoms with Crippen molar-refractivity contribution in [2.45, 2.75) is 32.9 Å². The van der Waals surface area contributed by atoms with Gasteiger partial charge < -0.3 is 10.6 Å². The maximum atomic E-state index is 12.0. The van der Waals surface area contributed by atoms with Crippen LogP contribution in [0.1, 0.15) is 31.8 Å². The van der Waals surface area contributed by atoms with Crippen molar-refractivity contribution in [1.29, 1.82) is 0 Å². The first-order valence-corrected chi connectivity index (χ1v) is 8.80. The molecule has 2 amide bonds. The minimum Gasteiger partial charge on any atom is -0.352 e. The third kappa shape index (κ3) is 5.01. The molecule has 0 radical (unpaired) electrons. The normalized spacial score (nSPS) is 12.6. The Morgan fingerprint density at radius 3 is 2.58 bits per heavy atom. The lowest BCUT2D eigenvalue weighted by atomic mass is 10.3. The lowest BCUT2D eigenvalue weighted by molar-refractivity contribution is -0.127. The van der Waals surface area contributed by atoms with Crippen LogP contribution in [-0.2, 0) is 9.59 Å². The zero-order valence-electron chi connectivity index (χ0n) is 14.5. The number of fused-ring (bicyclic) bond motifs is 1. The molecule has 1 atom stereocenters. The molecule has 1 aromatic carbocycles. The Kier molecular flexibility index (Phi) is 6.28. The number of nitrogens with zero attached hydrogens (tertiary/aromatic N) is 2. The summed E-state index contributed by atoms with van der Waals surface area (Å²) >= 11 is 1.64. The fourth-order valence-electron chi connectivity index (χ4n) is 2.23. The number of benzene rings is 1. The molecule has 0 unspecified atom stereocenters. The molecule has 2 N–H and O–H groups in total. The lowest BCUT2D eigenvalue weighted by Crippen LogP contribution is -2.43. The van der Waals surface area contributed by atoms with Crippen LogP contribution in [0.2, 0.25) is 0 Å². The largest absolute Gasteiger partial charge is 0.352 e. The van der Waals surface area contributed by atoms with Gasteiger partial charge in [-0.25, -0.2) is 4.98 Å². The van der Waals surface area contributed by atoms with E-state index in [1.807, 2.05) is 57.0 Å². The number of para-hydroxylation sites is 1. The van der Waals surface area contributed by atoms with Crippen LogP contribution < -0.4 is 10.6 Å². The van der Waals surface area contributed by atoms with Gasteiger partial charge in [-0.2, -0.15) is 0 Å². The first-order chi connectivity index (χ1) is 11.4. The Bertz CT molecular complexity index is 680. The topological polar surface area (TPSA) is 74.3 Å². The van der Waals surface area contributed by atoms with Crippen molar-refractivity contribution in [2.75, 3.05) is 20.1 Å². The Morgan fingerprint density at radius 2 is 1.92 bits per heavy atom. The number of carbonyl (C=O) groups excluding carboxylic acids is 2. The van der Waals surface area contributed by atoms with E-state index >= 15 is 0 Å². The number of amides is 2. The fraction of sp³-hybridized carbons (Fsp3) is 0.471. The monoisotopic (exact) mass is 348 g/mol. The van der Waals surface area contributed by atoms with Crippen LogP contribution in [0.3, 0.4) is 0 Å². The van der Waals surface area contributed by atoms with Gasteiger partial charge in [0.15, 0.2) is 0 Å². The molecule has 0 aliphatic rings. The van der Waals surface area contributed by atoms with Crippen molar-refractivity contribution >= 4 is 33.4 Å². The summed E-state index contributed by atoms with van der Waals surface area (Å²) in [5, 5.41) is 6.36. The van der Waals surface area contributed by atoms with Crippen LogP contribution in [0.4, 0.5) is 0 Å². The first kappa shape index (κ1) is 18.4. The van der Waals surface area contributed by atoms with Gasteiger partial charge in [0.25, 0.3) is 0 Å². The summed E-state index contributed by atoms with van der Waals surface area (Å²) in [6.07, 6.45) is 0. The van der Waals surface area contributed by atoms with Gasteiger partial charge in [0.1, 0.15) is 5.01 Å². The van der Waals surface area contributed by atoms with Gasteiger partial charge in [0.05, 0.1) is 29.3 Å². The van der Waals surface area contributed by atoms with E-state index in [2.05, 4.69) is 15.6 Å². The van der Waals surface area contributed by atoms with E-state index < -0.39 is 0 Å². The maximum Gasteiger partial charge on any atom is 0.239 e. The second kappa shape index (κ2) is 8.21. The van der Waals surface area contributed by atoms with Crippen LogP contribution in [0, 0.1) is 0 Å². The van der Waals surface area contributed by atoms with Crippen LogP contribution in [0.5, 0.6) is 0 Å². The molecule has 6 nitrogen and oxygen atoms in total. The molecule has 1 aromatic heterocycles. The number of likely N-dealkylation sites (N-methyl/N-ethyl adjacent to an activating group) is 1. The minimum absolute atomic E-state index is 0.000369. The van der Waals surface area contributed by atoms with Gasteiger partial charge in [0, 0.05) is 6.04 Å². The van der Waals surface area contributed by atoms with E-state index in [1.54, 1.807) is 11.3 Å². The Morgan fingerprint density at radius 1 is 1.21 bits per heavy atom. The average molecular weight is 348 g/mol. The van der Waals surface area contributed by atoms with Gasteiger partial charge >= 0.3 is 0 Å². The van der Waals surface area contributed by atoms with Crippen LogP contribution in [-0.4, -0.2) is 47.9 Å². The molecule has 1 heterocycles. The summed E-state index contributed by atoms with van der Waals surface area (Å²) in [7, 11) is 1.88. The number of carbonyl (C=O) groups is 2. The summed E-state index contributed by atoms with van der Waals surface area (Å²) < 4.78 is 1.14. The van der Waals surface area contributed by atoms with E-state index in [1.165, 1.54) is 0 Å². The van der Waals surface area contributed by atoms with Crippen molar-refractivity contribution in [3.05, 3.63) is 29.3 Å². The summed E-state index contributed by atoms with van der Waals surface area (Å²) in [6, 6.07) is 8.09. The van der Waals surface area contributed by atoms with Crippen molar-refractivity contribution in [1.82, 2.24) is 20.5 Å². The quantitative estimate of drug-likeness (QED) is 0.802. The highest BCUT2D eigenvalue weighted by Gasteiger charge is 2.18. The van der Waals surface area contributed by atoms with E-state index in [0.717, 1.165) is 15.2 Å². The standard InChI is InChI=1S/C17H24N4O2S/c1-11(2)19-15(22)9-18-16(23)10-21(4)12(3)17-20-13-7-5-6-8-14(13)24-17/h5-8,11-12H,9-10H2,1-4H3,(H,18,23)(H,19,22)/t12-/m0/s1. The van der Waals surface area contributed by atoms with E-state index in [-0.39, 0.29) is 37.0 Å². The Balaban J connectivity index is 1.87. The highest BCUT2D eigenvalue weighted by Crippen LogP contribution is 2.28. The third-order valence-corrected chi connectivity index (χ3v) is 4.82. The number of thiazole rings is 1. The summed E-state index contributed by atoms with van der Waals surface area (Å²) in [5.74, 6) is -0.357. The predicted molar refractivity (Wildman–Crippen MR) is 97.0 cm³/mol. The number of aromatic nitrogens is 1. The van der Waals surface area contributed by atoms with E-state index in [4.69, 9.17) is 0 Å². The van der Waals surface area contributed by atoms with Crippen molar-refractivity contribution in [3.63, 3.8) is 0 Å². The number of rotatable bonds is 7. The molecule has 0 bridgehead atoms. The van der Waals surface area contributed by atoms with Crippen LogP contribution in [0.15, 0.2) is 24.3 Å². The zero-order valence-corrected chi connectivity index (χ0v) is 15.3. The molecule has 0 saturated heterocycles. The lowest BCUT2D eigenvalue weighted by Gasteiger charge is -2.22. The smallest absolute Gasteiger partial charge is 0.239 e. The van der Waals surface area contributed by atoms with Gasteiger partial charge in [-0.1, -0.05) is 12.1 Å². The molecule has 2 aromatic rings. The van der Waals surface area contributed by atoms with Crippen LogP contribution in [0.25, 0.3) is 10.2 Å². The van der Waals surface area contributed by atoms with Crippen LogP contribution >= 0.6 is 11.3 Å². The highest BCUT2D eigenvalue weighted by atomic mass is 32.1. The molecule has 0 aliphatic heterocycles. The number of hydrogen-bond acceptors (Lipinski definition) is 5. The molecule has 24 heavy (non-hydrogen) atoms. The van der Waals surface area contributed by atoms with Crippen molar-refractivity contribution < 1.29 is 9.59 Å². The van der Waals surface area contributed by atoms with Gasteiger partial charge in [-0.3, -0.25) is 14.5 Å². The molecular formula is C17H24N4O2S. The van der Waals surface area contributed by atoms with Gasteiger partial charge in [0.2, 0.25) is 11.8 Å². The van der Waals surface area contributed by atoms with Gasteiger partial charge in [-0.05, 0) is 40.0 Å². The van der Waals surface area contributed by atoms with E-state index in [9.17, 15) is 9.59 Å². The molecule has 0 spiro atoms. The second-order valence-corrected chi connectivity index (χ2v) is 7.17. The summed E-state index contributed by atoms with van der Waals surface area (Å²) in [4.78, 5) is 30.1. The molecule has 7 heteroatoms. The number of nitrogens with one attached hydrogen (secondary N) is 2. The summed E-state index contributed by atoms with van der Waals surface area (Å²) in [5.41, 5.74) is 0.979.